The van der Waals surface area contributed by atoms with Gasteiger partial charge in [0.25, 0.3) is 0 Å². The van der Waals surface area contributed by atoms with Gasteiger partial charge in [-0.1, -0.05) is 6.07 Å². The summed E-state index contributed by atoms with van der Waals surface area (Å²) >= 11 is 4.45. The fourth-order valence-electron chi connectivity index (χ4n) is 1.20. The Morgan fingerprint density at radius 3 is 1.64 bits per heavy atom. The Morgan fingerprint density at radius 2 is 1.27 bits per heavy atom. The van der Waals surface area contributed by atoms with Crippen molar-refractivity contribution in [2.45, 2.75) is 32.6 Å². The summed E-state index contributed by atoms with van der Waals surface area (Å²) in [5, 5.41) is 0. The van der Waals surface area contributed by atoms with Crippen LogP contribution in [0.25, 0.3) is 0 Å². The molecule has 0 saturated carbocycles. The van der Waals surface area contributed by atoms with E-state index in [1.54, 1.807) is 0 Å². The third-order valence-electron chi connectivity index (χ3n) is 2.33. The van der Waals surface area contributed by atoms with Crippen LogP contribution in [0.4, 0.5) is 0 Å². The molecule has 0 spiro atoms. The molecule has 1 heteroatoms. The summed E-state index contributed by atoms with van der Waals surface area (Å²) in [5.74, 6) is 0. The van der Waals surface area contributed by atoms with Crippen LogP contribution in [0.5, 0.6) is 0 Å². The molecule has 11 heavy (non-hydrogen) atoms. The molecule has 0 aliphatic carbocycles. The van der Waals surface area contributed by atoms with Crippen molar-refractivity contribution in [3.63, 3.8) is 0 Å². The van der Waals surface area contributed by atoms with Crippen LogP contribution in [0, 0.1) is 27.7 Å². The average Bonchev–Trinajstić information content (AvgIpc) is 1.97. The maximum atomic E-state index is 4.45. The Balaban J connectivity index is 3.46. The molecule has 1 rings (SSSR count). The van der Waals surface area contributed by atoms with Gasteiger partial charge in [-0.15, -0.1) is 12.6 Å². The van der Waals surface area contributed by atoms with Gasteiger partial charge < -0.3 is 0 Å². The van der Waals surface area contributed by atoms with Crippen LogP contribution in [-0.2, 0) is 0 Å². The van der Waals surface area contributed by atoms with Gasteiger partial charge in [0.15, 0.2) is 0 Å². The second kappa shape index (κ2) is 2.90. The van der Waals surface area contributed by atoms with Crippen molar-refractivity contribution < 1.29 is 0 Å². The summed E-state index contributed by atoms with van der Waals surface area (Å²) in [5.41, 5.74) is 5.27. The smallest absolute Gasteiger partial charge is 0.0104 e. The van der Waals surface area contributed by atoms with Gasteiger partial charge in [0, 0.05) is 4.90 Å². The maximum Gasteiger partial charge on any atom is 0.0104 e. The Morgan fingerprint density at radius 1 is 0.909 bits per heavy atom. The van der Waals surface area contributed by atoms with E-state index in [9.17, 15) is 0 Å². The largest absolute Gasteiger partial charge is 0.143 e. The molecule has 0 aromatic heterocycles. The Hall–Kier alpha value is -0.430. The quantitative estimate of drug-likeness (QED) is 0.562. The molecule has 0 atom stereocenters. The fraction of sp³-hybridized carbons (Fsp3) is 0.400. The van der Waals surface area contributed by atoms with Crippen molar-refractivity contribution in [3.05, 3.63) is 28.3 Å². The van der Waals surface area contributed by atoms with Gasteiger partial charge in [0.05, 0.1) is 0 Å². The van der Waals surface area contributed by atoms with Gasteiger partial charge in [-0.2, -0.15) is 0 Å². The average molecular weight is 166 g/mol. The van der Waals surface area contributed by atoms with Gasteiger partial charge in [-0.3, -0.25) is 0 Å². The molecule has 0 radical (unpaired) electrons. The Kier molecular flexibility index (Phi) is 2.28. The lowest BCUT2D eigenvalue weighted by Gasteiger charge is -2.09. The summed E-state index contributed by atoms with van der Waals surface area (Å²) < 4.78 is 0. The number of rotatable bonds is 0. The highest BCUT2D eigenvalue weighted by Gasteiger charge is 2.03. The third kappa shape index (κ3) is 1.43. The highest BCUT2D eigenvalue weighted by molar-refractivity contribution is 7.80. The van der Waals surface area contributed by atoms with E-state index in [-0.39, 0.29) is 0 Å². The Labute approximate surface area is 74.0 Å². The van der Waals surface area contributed by atoms with Crippen LogP contribution in [-0.4, -0.2) is 0 Å². The van der Waals surface area contributed by atoms with E-state index in [2.05, 4.69) is 46.4 Å². The lowest BCUT2D eigenvalue weighted by Crippen LogP contribution is -1.90. The molecule has 0 nitrogen and oxygen atoms in total. The van der Waals surface area contributed by atoms with Gasteiger partial charge in [0.2, 0.25) is 0 Å². The molecule has 0 aliphatic rings. The summed E-state index contributed by atoms with van der Waals surface area (Å²) in [6, 6.07) is 2.21. The van der Waals surface area contributed by atoms with E-state index in [4.69, 9.17) is 0 Å². The number of hydrogen-bond acceptors (Lipinski definition) is 1. The van der Waals surface area contributed by atoms with Crippen LogP contribution in [0.3, 0.4) is 0 Å². The van der Waals surface area contributed by atoms with Crippen molar-refractivity contribution in [1.82, 2.24) is 0 Å². The highest BCUT2D eigenvalue weighted by atomic mass is 32.1. The monoisotopic (exact) mass is 166 g/mol. The normalized spacial score (nSPS) is 10.3. The van der Waals surface area contributed by atoms with Crippen LogP contribution in [0.15, 0.2) is 11.0 Å². The van der Waals surface area contributed by atoms with Crippen molar-refractivity contribution in [3.8, 4) is 0 Å². The summed E-state index contributed by atoms with van der Waals surface area (Å²) in [6.07, 6.45) is 0. The topological polar surface area (TPSA) is 0 Å². The first-order valence-corrected chi connectivity index (χ1v) is 4.25. The van der Waals surface area contributed by atoms with Gasteiger partial charge in [0.1, 0.15) is 0 Å². The first-order chi connectivity index (χ1) is 5.04. The first kappa shape index (κ1) is 8.66. The molecule has 0 unspecified atom stereocenters. The van der Waals surface area contributed by atoms with Gasteiger partial charge in [-0.05, 0) is 49.9 Å². The van der Waals surface area contributed by atoms with Crippen LogP contribution in [0.2, 0.25) is 0 Å². The van der Waals surface area contributed by atoms with E-state index >= 15 is 0 Å². The van der Waals surface area contributed by atoms with Crippen molar-refractivity contribution in [1.29, 1.82) is 0 Å². The standard InChI is InChI=1S/C10H14S/c1-6-5-7(2)9(4)10(11)8(6)3/h5,11H,1-4H3. The zero-order chi connectivity index (χ0) is 8.59. The molecule has 1 aromatic rings. The number of thiol groups is 1. The molecular formula is C10H14S. The maximum absolute atomic E-state index is 4.45. The molecule has 0 heterocycles. The minimum atomic E-state index is 1.14. The molecule has 0 saturated heterocycles. The second-order valence-electron chi connectivity index (χ2n) is 3.11. The van der Waals surface area contributed by atoms with E-state index < -0.39 is 0 Å². The lowest BCUT2D eigenvalue weighted by molar-refractivity contribution is 1.14. The number of aryl methyl sites for hydroxylation is 2. The van der Waals surface area contributed by atoms with Crippen LogP contribution >= 0.6 is 12.6 Å². The molecule has 0 fully saturated rings. The predicted molar refractivity (Wildman–Crippen MR) is 52.6 cm³/mol. The molecule has 1 aromatic carbocycles. The number of hydrogen-bond donors (Lipinski definition) is 1. The fourth-order valence-corrected chi connectivity index (χ4v) is 1.55. The number of benzene rings is 1. The molecule has 60 valence electrons. The summed E-state index contributed by atoms with van der Waals surface area (Å²) in [4.78, 5) is 1.14. The second-order valence-corrected chi connectivity index (χ2v) is 3.56. The first-order valence-electron chi connectivity index (χ1n) is 3.80. The van der Waals surface area contributed by atoms with Crippen molar-refractivity contribution in [2.24, 2.45) is 0 Å². The predicted octanol–water partition coefficient (Wildman–Crippen LogP) is 3.21. The molecule has 0 bridgehead atoms. The van der Waals surface area contributed by atoms with E-state index in [1.165, 1.54) is 22.3 Å². The van der Waals surface area contributed by atoms with Crippen LogP contribution in [0.1, 0.15) is 22.3 Å². The summed E-state index contributed by atoms with van der Waals surface area (Å²) in [6.45, 7) is 8.48. The summed E-state index contributed by atoms with van der Waals surface area (Å²) in [7, 11) is 0. The molecule has 0 amide bonds. The van der Waals surface area contributed by atoms with Gasteiger partial charge in [-0.25, -0.2) is 0 Å². The van der Waals surface area contributed by atoms with Crippen LogP contribution < -0.4 is 0 Å². The molecule has 0 aliphatic heterocycles. The zero-order valence-corrected chi connectivity index (χ0v) is 8.42. The SMILES string of the molecule is Cc1cc(C)c(C)c(S)c1C. The van der Waals surface area contributed by atoms with Gasteiger partial charge >= 0.3 is 0 Å². The minimum absolute atomic E-state index is 1.14. The zero-order valence-electron chi connectivity index (χ0n) is 7.52. The third-order valence-corrected chi connectivity index (χ3v) is 3.00. The van der Waals surface area contributed by atoms with E-state index in [0.29, 0.717) is 0 Å². The van der Waals surface area contributed by atoms with E-state index in [1.807, 2.05) is 0 Å². The molecular weight excluding hydrogens is 152 g/mol. The minimum Gasteiger partial charge on any atom is -0.143 e. The molecule has 0 N–H and O–H groups in total. The van der Waals surface area contributed by atoms with Crippen molar-refractivity contribution >= 4 is 12.6 Å². The van der Waals surface area contributed by atoms with Crippen molar-refractivity contribution in [2.75, 3.05) is 0 Å². The highest BCUT2D eigenvalue weighted by Crippen LogP contribution is 2.24. The Bertz CT molecular complexity index is 261. The lowest BCUT2D eigenvalue weighted by atomic mass is 10.0. The van der Waals surface area contributed by atoms with E-state index in [0.717, 1.165) is 4.90 Å².